The minimum Gasteiger partial charge on any atom is -0.462 e. The van der Waals surface area contributed by atoms with Crippen LogP contribution in [0.2, 0.25) is 0 Å². The average Bonchev–Trinajstić information content (AvgIpc) is 2.48. The highest BCUT2D eigenvalue weighted by Gasteiger charge is 2.45. The number of piperidine rings is 2. The summed E-state index contributed by atoms with van der Waals surface area (Å²) in [5.41, 5.74) is 0.341. The van der Waals surface area contributed by atoms with Crippen molar-refractivity contribution in [2.24, 2.45) is 0 Å². The molecule has 0 N–H and O–H groups in total. The van der Waals surface area contributed by atoms with E-state index in [2.05, 4.69) is 79.3 Å². The van der Waals surface area contributed by atoms with E-state index < -0.39 is 0 Å². The molecule has 0 aliphatic carbocycles. The van der Waals surface area contributed by atoms with Gasteiger partial charge in [0.05, 0.1) is 0 Å². The summed E-state index contributed by atoms with van der Waals surface area (Å²) < 4.78 is 10.7. The molecule has 2 saturated heterocycles. The SMILES string of the molecule is CC(=O)OC1CC(C)(C)N(C)C(C)(C)C1.CC(=O)OC1CC(C)(C)N(C)C(C)(C)C1. The van der Waals surface area contributed by atoms with Crippen LogP contribution in [0.3, 0.4) is 0 Å². The number of nitrogens with zero attached hydrogens (tertiary/aromatic N) is 2. The van der Waals surface area contributed by atoms with Crippen LogP contribution in [0.5, 0.6) is 0 Å². The highest BCUT2D eigenvalue weighted by Crippen LogP contribution is 2.39. The zero-order valence-corrected chi connectivity index (χ0v) is 21.5. The Kier molecular flexibility index (Phi) is 8.21. The first-order valence-electron chi connectivity index (χ1n) is 11.1. The maximum Gasteiger partial charge on any atom is 0.302 e. The van der Waals surface area contributed by atoms with Gasteiger partial charge >= 0.3 is 11.9 Å². The quantitative estimate of drug-likeness (QED) is 0.610. The van der Waals surface area contributed by atoms with Gasteiger partial charge in [0, 0.05) is 61.7 Å². The van der Waals surface area contributed by atoms with Gasteiger partial charge in [-0.05, 0) is 69.5 Å². The van der Waals surface area contributed by atoms with Crippen LogP contribution in [0.25, 0.3) is 0 Å². The van der Waals surface area contributed by atoms with Crippen LogP contribution >= 0.6 is 0 Å². The van der Waals surface area contributed by atoms with Crippen LogP contribution in [-0.2, 0) is 19.1 Å². The largest absolute Gasteiger partial charge is 0.462 e. The molecule has 30 heavy (non-hydrogen) atoms. The average molecular weight is 427 g/mol. The number of hydrogen-bond donors (Lipinski definition) is 0. The normalized spacial score (nSPS) is 26.3. The highest BCUT2D eigenvalue weighted by atomic mass is 16.5. The standard InChI is InChI=1S/2C12H23NO2/c2*1-9(14)15-10-7-11(2,3)13(6)12(4,5)8-10/h2*10H,7-8H2,1-6H3. The Balaban J connectivity index is 0.000000300. The molecule has 2 rings (SSSR count). The molecule has 0 atom stereocenters. The number of carbonyl (C=O) groups excluding carboxylic acids is 2. The Morgan fingerprint density at radius 3 is 0.967 bits per heavy atom. The lowest BCUT2D eigenvalue weighted by Crippen LogP contribution is -2.60. The highest BCUT2D eigenvalue weighted by molar-refractivity contribution is 5.66. The van der Waals surface area contributed by atoms with Gasteiger partial charge in [0.1, 0.15) is 12.2 Å². The van der Waals surface area contributed by atoms with E-state index in [1.165, 1.54) is 13.8 Å². The summed E-state index contributed by atoms with van der Waals surface area (Å²) in [6.45, 7) is 20.6. The van der Waals surface area contributed by atoms with Crippen molar-refractivity contribution in [1.82, 2.24) is 9.80 Å². The van der Waals surface area contributed by atoms with Crippen molar-refractivity contribution in [2.45, 2.75) is 129 Å². The smallest absolute Gasteiger partial charge is 0.302 e. The number of carbonyl (C=O) groups is 2. The molecule has 2 aliphatic heterocycles. The summed E-state index contributed by atoms with van der Waals surface area (Å²) >= 11 is 0. The molecular formula is C24H46N2O4. The fourth-order valence-electron chi connectivity index (χ4n) is 5.20. The predicted octanol–water partition coefficient (Wildman–Crippen LogP) is 4.40. The van der Waals surface area contributed by atoms with Gasteiger partial charge in [0.25, 0.3) is 0 Å². The lowest BCUT2D eigenvalue weighted by Gasteiger charge is -2.53. The molecule has 0 radical (unpaired) electrons. The number of likely N-dealkylation sites (tertiary alicyclic amines) is 2. The molecule has 2 heterocycles. The molecule has 0 aromatic heterocycles. The molecule has 0 spiro atoms. The van der Waals surface area contributed by atoms with Crippen LogP contribution in [0, 0.1) is 0 Å². The molecule has 0 amide bonds. The Labute approximate surface area is 184 Å². The van der Waals surface area contributed by atoms with Crippen LogP contribution in [0.1, 0.15) is 94.9 Å². The number of rotatable bonds is 2. The molecule has 176 valence electrons. The van der Waals surface area contributed by atoms with Gasteiger partial charge in [0.2, 0.25) is 0 Å². The maximum atomic E-state index is 11.0. The lowest BCUT2D eigenvalue weighted by atomic mass is 9.79. The van der Waals surface area contributed by atoms with Crippen molar-refractivity contribution >= 4 is 11.9 Å². The van der Waals surface area contributed by atoms with Crippen LogP contribution in [-0.4, -0.2) is 70.2 Å². The zero-order valence-electron chi connectivity index (χ0n) is 21.5. The predicted molar refractivity (Wildman–Crippen MR) is 121 cm³/mol. The molecule has 2 fully saturated rings. The van der Waals surface area contributed by atoms with E-state index in [1.54, 1.807) is 0 Å². The number of ether oxygens (including phenoxy) is 2. The third kappa shape index (κ3) is 6.94. The van der Waals surface area contributed by atoms with Crippen molar-refractivity contribution in [3.05, 3.63) is 0 Å². The first-order valence-corrected chi connectivity index (χ1v) is 11.1. The maximum absolute atomic E-state index is 11.0. The van der Waals surface area contributed by atoms with Crippen molar-refractivity contribution in [3.63, 3.8) is 0 Å². The molecule has 6 heteroatoms. The Morgan fingerprint density at radius 1 is 0.600 bits per heavy atom. The summed E-state index contributed by atoms with van der Waals surface area (Å²) in [4.78, 5) is 26.7. The van der Waals surface area contributed by atoms with Crippen LogP contribution in [0.4, 0.5) is 0 Å². The molecule has 0 aromatic rings. The number of hydrogen-bond acceptors (Lipinski definition) is 6. The lowest BCUT2D eigenvalue weighted by molar-refractivity contribution is -0.157. The fourth-order valence-corrected chi connectivity index (χ4v) is 5.20. The third-order valence-electron chi connectivity index (χ3n) is 7.21. The van der Waals surface area contributed by atoms with Gasteiger partial charge in [-0.3, -0.25) is 19.4 Å². The Hall–Kier alpha value is -1.14. The summed E-state index contributed by atoms with van der Waals surface area (Å²) in [6.07, 6.45) is 3.75. The van der Waals surface area contributed by atoms with Gasteiger partial charge in [-0.1, -0.05) is 0 Å². The summed E-state index contributed by atoms with van der Waals surface area (Å²) in [7, 11) is 4.29. The minimum atomic E-state index is -0.170. The number of esters is 2. The second kappa shape index (κ2) is 9.15. The van der Waals surface area contributed by atoms with Gasteiger partial charge in [-0.15, -0.1) is 0 Å². The van der Waals surface area contributed by atoms with Crippen molar-refractivity contribution in [3.8, 4) is 0 Å². The van der Waals surface area contributed by atoms with Crippen LogP contribution in [0.15, 0.2) is 0 Å². The zero-order chi connectivity index (χ0) is 23.7. The molecule has 0 bridgehead atoms. The molecular weight excluding hydrogens is 380 g/mol. The second-order valence-corrected chi connectivity index (χ2v) is 11.6. The summed E-state index contributed by atoms with van der Waals surface area (Å²) in [6, 6.07) is 0. The fraction of sp³-hybridized carbons (Fsp3) is 0.917. The summed E-state index contributed by atoms with van der Waals surface area (Å²) in [5, 5.41) is 0. The molecule has 0 aromatic carbocycles. The molecule has 0 saturated carbocycles. The van der Waals surface area contributed by atoms with Gasteiger partial charge in [0.15, 0.2) is 0 Å². The van der Waals surface area contributed by atoms with Crippen molar-refractivity contribution in [1.29, 1.82) is 0 Å². The topological polar surface area (TPSA) is 59.1 Å². The Morgan fingerprint density at radius 2 is 0.800 bits per heavy atom. The van der Waals surface area contributed by atoms with E-state index in [9.17, 15) is 9.59 Å². The minimum absolute atomic E-state index is 0.0590. The first kappa shape index (κ1) is 26.9. The molecule has 0 unspecified atom stereocenters. The third-order valence-corrected chi connectivity index (χ3v) is 7.21. The summed E-state index contributed by atoms with van der Waals surface area (Å²) in [5.74, 6) is -0.340. The molecule has 2 aliphatic rings. The van der Waals surface area contributed by atoms with E-state index in [-0.39, 0.29) is 46.3 Å². The van der Waals surface area contributed by atoms with Crippen LogP contribution < -0.4 is 0 Å². The van der Waals surface area contributed by atoms with E-state index in [0.717, 1.165) is 25.7 Å². The van der Waals surface area contributed by atoms with E-state index in [4.69, 9.17) is 9.47 Å². The monoisotopic (exact) mass is 426 g/mol. The first-order chi connectivity index (χ1) is 13.3. The van der Waals surface area contributed by atoms with E-state index in [1.807, 2.05) is 0 Å². The Bertz CT molecular complexity index is 535. The van der Waals surface area contributed by atoms with E-state index >= 15 is 0 Å². The van der Waals surface area contributed by atoms with Gasteiger partial charge in [-0.2, -0.15) is 0 Å². The second-order valence-electron chi connectivity index (χ2n) is 11.6. The van der Waals surface area contributed by atoms with Gasteiger partial charge in [-0.25, -0.2) is 0 Å². The van der Waals surface area contributed by atoms with E-state index in [0.29, 0.717) is 0 Å². The van der Waals surface area contributed by atoms with Crippen molar-refractivity contribution < 1.29 is 19.1 Å². The van der Waals surface area contributed by atoms with Crippen molar-refractivity contribution in [2.75, 3.05) is 14.1 Å². The van der Waals surface area contributed by atoms with Gasteiger partial charge < -0.3 is 9.47 Å². The molecule has 6 nitrogen and oxygen atoms in total.